The first-order valence-corrected chi connectivity index (χ1v) is 6.76. The molecule has 0 aromatic heterocycles. The van der Waals surface area contributed by atoms with Crippen LogP contribution in [0.4, 0.5) is 0 Å². The van der Waals surface area contributed by atoms with Crippen LogP contribution in [0.15, 0.2) is 0 Å². The first-order chi connectivity index (χ1) is 7.34. The minimum atomic E-state index is 0.874. The van der Waals surface area contributed by atoms with Crippen LogP contribution in [0.25, 0.3) is 0 Å². The highest BCUT2D eigenvalue weighted by atomic mass is 15.1. The molecule has 3 aliphatic carbocycles. The maximum atomic E-state index is 3.59. The monoisotopic (exact) mass is 208 g/mol. The van der Waals surface area contributed by atoms with Crippen LogP contribution >= 0.6 is 0 Å². The van der Waals surface area contributed by atoms with Crippen molar-refractivity contribution in [3.8, 4) is 0 Å². The van der Waals surface area contributed by atoms with E-state index in [-0.39, 0.29) is 0 Å². The highest BCUT2D eigenvalue weighted by Gasteiger charge is 2.52. The van der Waals surface area contributed by atoms with Crippen LogP contribution in [-0.2, 0) is 0 Å². The van der Waals surface area contributed by atoms with Crippen molar-refractivity contribution < 1.29 is 0 Å². The van der Waals surface area contributed by atoms with Gasteiger partial charge in [0.2, 0.25) is 0 Å². The van der Waals surface area contributed by atoms with Gasteiger partial charge in [0.15, 0.2) is 0 Å². The SMILES string of the molecule is CN(CCNC1CC1)CC1C2CCCC21. The van der Waals surface area contributed by atoms with Gasteiger partial charge in [-0.05, 0) is 50.5 Å². The quantitative estimate of drug-likeness (QED) is 0.715. The first kappa shape index (κ1) is 10.1. The van der Waals surface area contributed by atoms with Gasteiger partial charge in [0, 0.05) is 25.7 Å². The molecule has 0 radical (unpaired) electrons. The Kier molecular flexibility index (Phi) is 2.73. The van der Waals surface area contributed by atoms with Crippen LogP contribution in [-0.4, -0.2) is 37.6 Å². The fourth-order valence-electron chi connectivity index (χ4n) is 3.44. The molecule has 0 aromatic rings. The third-order valence-corrected chi connectivity index (χ3v) is 4.61. The Morgan fingerprint density at radius 3 is 2.53 bits per heavy atom. The Hall–Kier alpha value is -0.0800. The fraction of sp³-hybridized carbons (Fsp3) is 1.00. The van der Waals surface area contributed by atoms with Crippen molar-refractivity contribution in [2.45, 2.75) is 38.1 Å². The van der Waals surface area contributed by atoms with Crippen molar-refractivity contribution in [3.05, 3.63) is 0 Å². The topological polar surface area (TPSA) is 15.3 Å². The standard InChI is InChI=1S/C13H24N2/c1-15(8-7-14-10-5-6-10)9-13-11-3-2-4-12(11)13/h10-14H,2-9H2,1H3. The number of nitrogens with zero attached hydrogens (tertiary/aromatic N) is 1. The molecule has 0 bridgehead atoms. The summed E-state index contributed by atoms with van der Waals surface area (Å²) in [6, 6.07) is 0.874. The second-order valence-corrected chi connectivity index (χ2v) is 5.91. The summed E-state index contributed by atoms with van der Waals surface area (Å²) < 4.78 is 0. The molecule has 0 saturated heterocycles. The molecule has 0 spiro atoms. The lowest BCUT2D eigenvalue weighted by molar-refractivity contribution is 0.300. The van der Waals surface area contributed by atoms with Crippen molar-refractivity contribution in [1.29, 1.82) is 0 Å². The van der Waals surface area contributed by atoms with Gasteiger partial charge in [-0.1, -0.05) is 6.42 Å². The molecular formula is C13H24N2. The van der Waals surface area contributed by atoms with Crippen LogP contribution in [0.2, 0.25) is 0 Å². The van der Waals surface area contributed by atoms with Gasteiger partial charge in [-0.3, -0.25) is 0 Å². The van der Waals surface area contributed by atoms with E-state index in [1.54, 1.807) is 0 Å². The van der Waals surface area contributed by atoms with Crippen LogP contribution in [0.3, 0.4) is 0 Å². The van der Waals surface area contributed by atoms with Crippen LogP contribution in [0, 0.1) is 17.8 Å². The summed E-state index contributed by atoms with van der Waals surface area (Å²) in [5.41, 5.74) is 0. The molecule has 3 fully saturated rings. The zero-order valence-electron chi connectivity index (χ0n) is 9.91. The summed E-state index contributed by atoms with van der Waals surface area (Å²) in [5, 5.41) is 3.59. The van der Waals surface area contributed by atoms with Gasteiger partial charge in [-0.15, -0.1) is 0 Å². The second-order valence-electron chi connectivity index (χ2n) is 5.91. The molecule has 2 atom stereocenters. The van der Waals surface area contributed by atoms with Crippen LogP contribution in [0.1, 0.15) is 32.1 Å². The van der Waals surface area contributed by atoms with Crippen molar-refractivity contribution >= 4 is 0 Å². The number of rotatable bonds is 6. The highest BCUT2D eigenvalue weighted by Crippen LogP contribution is 2.57. The molecule has 3 rings (SSSR count). The molecule has 0 aromatic carbocycles. The first-order valence-electron chi connectivity index (χ1n) is 6.76. The van der Waals surface area contributed by atoms with E-state index in [1.165, 1.54) is 51.7 Å². The normalized spacial score (nSPS) is 38.4. The molecule has 0 heterocycles. The number of likely N-dealkylation sites (N-methyl/N-ethyl adjacent to an activating group) is 1. The van der Waals surface area contributed by atoms with E-state index in [2.05, 4.69) is 17.3 Å². The molecule has 1 N–H and O–H groups in total. The maximum Gasteiger partial charge on any atom is 0.0104 e. The van der Waals surface area contributed by atoms with Crippen LogP contribution in [0.5, 0.6) is 0 Å². The zero-order chi connectivity index (χ0) is 10.3. The molecule has 3 saturated carbocycles. The van der Waals surface area contributed by atoms with E-state index in [0.29, 0.717) is 0 Å². The summed E-state index contributed by atoms with van der Waals surface area (Å²) in [5.74, 6) is 3.33. The summed E-state index contributed by atoms with van der Waals surface area (Å²) in [6.07, 6.45) is 7.40. The van der Waals surface area contributed by atoms with Gasteiger partial charge in [0.1, 0.15) is 0 Å². The van der Waals surface area contributed by atoms with Gasteiger partial charge in [-0.2, -0.15) is 0 Å². The Bertz CT molecular complexity index is 215. The van der Waals surface area contributed by atoms with Crippen molar-refractivity contribution in [3.63, 3.8) is 0 Å². The van der Waals surface area contributed by atoms with Crippen LogP contribution < -0.4 is 5.32 Å². The average Bonchev–Trinajstić information content (AvgIpc) is 3.10. The zero-order valence-corrected chi connectivity index (χ0v) is 9.91. The van der Waals surface area contributed by atoms with E-state index in [4.69, 9.17) is 0 Å². The lowest BCUT2D eigenvalue weighted by Gasteiger charge is -2.17. The number of hydrogen-bond donors (Lipinski definition) is 1. The number of nitrogens with one attached hydrogen (secondary N) is 1. The Labute approximate surface area is 93.4 Å². The fourth-order valence-corrected chi connectivity index (χ4v) is 3.44. The molecule has 2 nitrogen and oxygen atoms in total. The number of fused-ring (bicyclic) bond motifs is 1. The molecule has 15 heavy (non-hydrogen) atoms. The predicted octanol–water partition coefficient (Wildman–Crippen LogP) is 1.72. The number of hydrogen-bond acceptors (Lipinski definition) is 2. The minimum Gasteiger partial charge on any atom is -0.313 e. The molecular weight excluding hydrogens is 184 g/mol. The van der Waals surface area contributed by atoms with Gasteiger partial charge >= 0.3 is 0 Å². The summed E-state index contributed by atoms with van der Waals surface area (Å²) >= 11 is 0. The molecule has 2 heteroatoms. The summed E-state index contributed by atoms with van der Waals surface area (Å²) in [7, 11) is 2.29. The maximum absolute atomic E-state index is 3.59. The Balaban J connectivity index is 1.29. The van der Waals surface area contributed by atoms with Gasteiger partial charge in [-0.25, -0.2) is 0 Å². The summed E-state index contributed by atoms with van der Waals surface area (Å²) in [4.78, 5) is 2.54. The van der Waals surface area contributed by atoms with Gasteiger partial charge in [0.05, 0.1) is 0 Å². The molecule has 3 aliphatic rings. The molecule has 0 amide bonds. The third kappa shape index (κ3) is 2.36. The summed E-state index contributed by atoms with van der Waals surface area (Å²) in [6.45, 7) is 3.80. The lowest BCUT2D eigenvalue weighted by atomic mass is 10.1. The Morgan fingerprint density at radius 2 is 1.87 bits per heavy atom. The molecule has 0 aliphatic heterocycles. The smallest absolute Gasteiger partial charge is 0.0104 e. The average molecular weight is 208 g/mol. The van der Waals surface area contributed by atoms with Crippen molar-refractivity contribution in [2.75, 3.05) is 26.7 Å². The lowest BCUT2D eigenvalue weighted by Crippen LogP contribution is -2.32. The largest absolute Gasteiger partial charge is 0.313 e. The van der Waals surface area contributed by atoms with E-state index in [0.717, 1.165) is 23.8 Å². The minimum absolute atomic E-state index is 0.874. The molecule has 2 unspecified atom stereocenters. The molecule has 86 valence electrons. The van der Waals surface area contributed by atoms with E-state index >= 15 is 0 Å². The highest BCUT2D eigenvalue weighted by molar-refractivity contribution is 5.01. The van der Waals surface area contributed by atoms with E-state index in [9.17, 15) is 0 Å². The third-order valence-electron chi connectivity index (χ3n) is 4.61. The van der Waals surface area contributed by atoms with Gasteiger partial charge < -0.3 is 10.2 Å². The predicted molar refractivity (Wildman–Crippen MR) is 62.8 cm³/mol. The van der Waals surface area contributed by atoms with Crippen molar-refractivity contribution in [1.82, 2.24) is 10.2 Å². The van der Waals surface area contributed by atoms with Crippen molar-refractivity contribution in [2.24, 2.45) is 17.8 Å². The van der Waals surface area contributed by atoms with E-state index in [1.807, 2.05) is 0 Å². The van der Waals surface area contributed by atoms with E-state index < -0.39 is 0 Å². The Morgan fingerprint density at radius 1 is 1.13 bits per heavy atom. The van der Waals surface area contributed by atoms with Gasteiger partial charge in [0.25, 0.3) is 0 Å². The second kappa shape index (κ2) is 4.06.